The number of methoxy groups -OCH3 is 1. The van der Waals surface area contributed by atoms with Crippen molar-refractivity contribution >= 4 is 23.4 Å². The molecule has 0 radical (unpaired) electrons. The Morgan fingerprint density at radius 1 is 1.10 bits per heavy atom. The van der Waals surface area contributed by atoms with E-state index < -0.39 is 0 Å². The number of thioether (sulfide) groups is 1. The predicted molar refractivity (Wildman–Crippen MR) is 114 cm³/mol. The topological polar surface area (TPSA) is 78.3 Å². The molecule has 1 atom stereocenters. The number of nitrogens with one attached hydrogen (secondary N) is 1. The van der Waals surface area contributed by atoms with Crippen molar-refractivity contribution in [2.45, 2.75) is 31.7 Å². The molecule has 0 saturated carbocycles. The molecule has 1 amide bonds. The van der Waals surface area contributed by atoms with Crippen molar-refractivity contribution in [3.63, 3.8) is 0 Å². The maximum Gasteiger partial charge on any atom is 0.234 e. The number of carbonyl (C=O) groups is 1. The van der Waals surface area contributed by atoms with E-state index in [-0.39, 0.29) is 17.8 Å². The number of anilines is 1. The van der Waals surface area contributed by atoms with Crippen LogP contribution in [0.4, 0.5) is 5.69 Å². The predicted octanol–water partition coefficient (Wildman–Crippen LogP) is 4.18. The first-order valence-electron chi connectivity index (χ1n) is 9.32. The molecule has 0 unspecified atom stereocenters. The fourth-order valence-corrected chi connectivity index (χ4v) is 3.57. The highest BCUT2D eigenvalue weighted by Crippen LogP contribution is 2.24. The van der Waals surface area contributed by atoms with E-state index in [2.05, 4.69) is 15.5 Å². The van der Waals surface area contributed by atoms with Crippen LogP contribution in [0.15, 0.2) is 59.8 Å². The van der Waals surface area contributed by atoms with E-state index in [1.54, 1.807) is 31.4 Å². The summed E-state index contributed by atoms with van der Waals surface area (Å²) in [5, 5.41) is 12.1. The van der Waals surface area contributed by atoms with Gasteiger partial charge in [0.25, 0.3) is 0 Å². The van der Waals surface area contributed by atoms with Gasteiger partial charge < -0.3 is 19.4 Å². The molecule has 2 aromatic carbocycles. The van der Waals surface area contributed by atoms with Crippen molar-refractivity contribution in [3.05, 3.63) is 60.4 Å². The minimum atomic E-state index is -0.257. The number of benzene rings is 2. The molecule has 8 heteroatoms. The van der Waals surface area contributed by atoms with Crippen molar-refractivity contribution in [1.29, 1.82) is 0 Å². The molecule has 1 heterocycles. The molecule has 0 aliphatic heterocycles. The Kier molecular flexibility index (Phi) is 7.13. The number of aromatic nitrogens is 3. The van der Waals surface area contributed by atoms with Crippen LogP contribution in [-0.2, 0) is 11.3 Å². The summed E-state index contributed by atoms with van der Waals surface area (Å²) in [5.74, 6) is 2.37. The summed E-state index contributed by atoms with van der Waals surface area (Å²) in [4.78, 5) is 12.3. The third-order valence-corrected chi connectivity index (χ3v) is 5.15. The monoisotopic (exact) mass is 412 g/mol. The highest BCUT2D eigenvalue weighted by atomic mass is 32.2. The van der Waals surface area contributed by atoms with Crippen LogP contribution in [0, 0.1) is 0 Å². The Bertz CT molecular complexity index is 929. The first kappa shape index (κ1) is 20.7. The molecule has 0 spiro atoms. The summed E-state index contributed by atoms with van der Waals surface area (Å²) in [7, 11) is 1.61. The van der Waals surface area contributed by atoms with E-state index in [1.807, 2.05) is 48.7 Å². The molecule has 3 rings (SSSR count). The molecular weight excluding hydrogens is 388 g/mol. The van der Waals surface area contributed by atoms with Crippen LogP contribution in [0.25, 0.3) is 0 Å². The largest absolute Gasteiger partial charge is 0.497 e. The van der Waals surface area contributed by atoms with Gasteiger partial charge in [-0.1, -0.05) is 30.0 Å². The standard InChI is InChI=1S/C21H24N4O3S/c1-4-25-20(15(2)28-18-8-6-5-7-9-18)23-24-21(25)29-14-19(26)22-16-10-12-17(27-3)13-11-16/h5-13,15H,4,14H2,1-3H3,(H,22,26)/t15-/m0/s1. The number of ether oxygens (including phenoxy) is 2. The van der Waals surface area contributed by atoms with Crippen LogP contribution in [-0.4, -0.2) is 33.5 Å². The maximum atomic E-state index is 12.3. The van der Waals surface area contributed by atoms with E-state index in [9.17, 15) is 4.79 Å². The molecule has 0 saturated heterocycles. The number of hydrogen-bond acceptors (Lipinski definition) is 6. The number of nitrogens with zero attached hydrogens (tertiary/aromatic N) is 3. The lowest BCUT2D eigenvalue weighted by Crippen LogP contribution is -2.15. The van der Waals surface area contributed by atoms with Gasteiger partial charge in [-0.3, -0.25) is 4.79 Å². The zero-order valence-electron chi connectivity index (χ0n) is 16.7. The molecule has 29 heavy (non-hydrogen) atoms. The summed E-state index contributed by atoms with van der Waals surface area (Å²) in [5.41, 5.74) is 0.721. The SMILES string of the molecule is CCn1c(SCC(=O)Nc2ccc(OC)cc2)nnc1[C@H](C)Oc1ccccc1. The van der Waals surface area contributed by atoms with Gasteiger partial charge in [-0.2, -0.15) is 0 Å². The average molecular weight is 413 g/mol. The Balaban J connectivity index is 1.60. The van der Waals surface area contributed by atoms with Gasteiger partial charge in [0.2, 0.25) is 5.91 Å². The lowest BCUT2D eigenvalue weighted by atomic mass is 10.3. The van der Waals surface area contributed by atoms with E-state index in [1.165, 1.54) is 11.8 Å². The number of para-hydroxylation sites is 1. The van der Waals surface area contributed by atoms with E-state index >= 15 is 0 Å². The Morgan fingerprint density at radius 3 is 2.48 bits per heavy atom. The van der Waals surface area contributed by atoms with Gasteiger partial charge in [-0.05, 0) is 50.2 Å². The first-order valence-corrected chi connectivity index (χ1v) is 10.3. The van der Waals surface area contributed by atoms with E-state index in [0.717, 1.165) is 23.0 Å². The molecule has 0 aliphatic carbocycles. The highest BCUT2D eigenvalue weighted by molar-refractivity contribution is 7.99. The van der Waals surface area contributed by atoms with Crippen LogP contribution in [0.2, 0.25) is 0 Å². The summed E-state index contributed by atoms with van der Waals surface area (Å²) >= 11 is 1.35. The number of hydrogen-bond donors (Lipinski definition) is 1. The van der Waals surface area contributed by atoms with Gasteiger partial charge in [0.05, 0.1) is 12.9 Å². The molecule has 3 aromatic rings. The average Bonchev–Trinajstić information content (AvgIpc) is 3.16. The van der Waals surface area contributed by atoms with E-state index in [0.29, 0.717) is 11.7 Å². The van der Waals surface area contributed by atoms with Gasteiger partial charge >= 0.3 is 0 Å². The Hall–Kier alpha value is -3.00. The van der Waals surface area contributed by atoms with Crippen LogP contribution < -0.4 is 14.8 Å². The molecule has 0 fully saturated rings. The smallest absolute Gasteiger partial charge is 0.234 e. The minimum Gasteiger partial charge on any atom is -0.497 e. The highest BCUT2D eigenvalue weighted by Gasteiger charge is 2.19. The van der Waals surface area contributed by atoms with Gasteiger partial charge in [0, 0.05) is 12.2 Å². The molecule has 1 N–H and O–H groups in total. The van der Waals surface area contributed by atoms with Crippen molar-refractivity contribution in [2.75, 3.05) is 18.2 Å². The fraction of sp³-hybridized carbons (Fsp3) is 0.286. The summed E-state index contributed by atoms with van der Waals surface area (Å²) in [6, 6.07) is 16.8. The Labute approximate surface area is 174 Å². The van der Waals surface area contributed by atoms with Crippen LogP contribution in [0.5, 0.6) is 11.5 Å². The first-order chi connectivity index (χ1) is 14.1. The minimum absolute atomic E-state index is 0.110. The zero-order chi connectivity index (χ0) is 20.6. The molecule has 1 aromatic heterocycles. The molecule has 0 bridgehead atoms. The second-order valence-electron chi connectivity index (χ2n) is 6.22. The van der Waals surface area contributed by atoms with Crippen molar-refractivity contribution < 1.29 is 14.3 Å². The number of rotatable bonds is 9. The third-order valence-electron chi connectivity index (χ3n) is 4.19. The Morgan fingerprint density at radius 2 is 1.83 bits per heavy atom. The van der Waals surface area contributed by atoms with Crippen LogP contribution in [0.3, 0.4) is 0 Å². The van der Waals surface area contributed by atoms with Gasteiger partial charge in [-0.15, -0.1) is 10.2 Å². The molecule has 152 valence electrons. The zero-order valence-corrected chi connectivity index (χ0v) is 17.5. The van der Waals surface area contributed by atoms with Crippen LogP contribution in [0.1, 0.15) is 25.8 Å². The number of amides is 1. The maximum absolute atomic E-state index is 12.3. The second kappa shape index (κ2) is 9.97. The van der Waals surface area contributed by atoms with Gasteiger partial charge in [0.1, 0.15) is 11.5 Å². The van der Waals surface area contributed by atoms with Crippen molar-refractivity contribution in [3.8, 4) is 11.5 Å². The van der Waals surface area contributed by atoms with Crippen molar-refractivity contribution in [1.82, 2.24) is 14.8 Å². The summed E-state index contributed by atoms with van der Waals surface area (Å²) < 4.78 is 13.0. The molecule has 0 aliphatic rings. The summed E-state index contributed by atoms with van der Waals surface area (Å²) in [6.45, 7) is 4.64. The van der Waals surface area contributed by atoms with Crippen LogP contribution >= 0.6 is 11.8 Å². The van der Waals surface area contributed by atoms with E-state index in [4.69, 9.17) is 9.47 Å². The molecular formula is C21H24N4O3S. The fourth-order valence-electron chi connectivity index (χ4n) is 2.76. The third kappa shape index (κ3) is 5.51. The lowest BCUT2D eigenvalue weighted by molar-refractivity contribution is -0.113. The van der Waals surface area contributed by atoms with Gasteiger partial charge in [-0.25, -0.2) is 0 Å². The second-order valence-corrected chi connectivity index (χ2v) is 7.17. The van der Waals surface area contributed by atoms with Crippen molar-refractivity contribution in [2.24, 2.45) is 0 Å². The number of carbonyl (C=O) groups excluding carboxylic acids is 1. The molecule has 7 nitrogen and oxygen atoms in total. The van der Waals surface area contributed by atoms with Gasteiger partial charge in [0.15, 0.2) is 17.1 Å². The summed E-state index contributed by atoms with van der Waals surface area (Å²) in [6.07, 6.45) is -0.257. The lowest BCUT2D eigenvalue weighted by Gasteiger charge is -2.15. The normalized spacial score (nSPS) is 11.7. The quantitative estimate of drug-likeness (QED) is 0.531.